The number of fused-ring (bicyclic) bond motifs is 1. The molecule has 0 aliphatic carbocycles. The third kappa shape index (κ3) is 3.93. The minimum absolute atomic E-state index is 0. The van der Waals surface area contributed by atoms with E-state index in [4.69, 9.17) is 0 Å². The second kappa shape index (κ2) is 7.45. The molecule has 1 aliphatic rings. The second-order valence-corrected chi connectivity index (χ2v) is 7.31. The predicted molar refractivity (Wildman–Crippen MR) is 94.5 cm³/mol. The standard InChI is InChI=1S/C17H20N2O2S.ClH/c1-13-6-2-5-9-17(13)22(20,21)19-12-16-15-8-4-3-7-14(15)10-11-18-16;/h2-9,16,18-19H,10-12H2,1H3;1H. The van der Waals surface area contributed by atoms with E-state index in [1.54, 1.807) is 12.1 Å². The zero-order valence-corrected chi connectivity index (χ0v) is 14.6. The first-order valence-corrected chi connectivity index (χ1v) is 8.93. The molecule has 0 amide bonds. The van der Waals surface area contributed by atoms with Crippen molar-refractivity contribution in [1.29, 1.82) is 0 Å². The molecular formula is C17H21ClN2O2S. The summed E-state index contributed by atoms with van der Waals surface area (Å²) in [6.07, 6.45) is 0.983. The third-order valence-corrected chi connectivity index (χ3v) is 5.66. The number of nitrogens with one attached hydrogen (secondary N) is 2. The molecule has 3 rings (SSSR count). The van der Waals surface area contributed by atoms with Crippen molar-refractivity contribution in [1.82, 2.24) is 10.0 Å². The molecule has 4 nitrogen and oxygen atoms in total. The van der Waals surface area contributed by atoms with Gasteiger partial charge in [-0.1, -0.05) is 42.5 Å². The molecule has 0 saturated carbocycles. The molecule has 1 aliphatic heterocycles. The van der Waals surface area contributed by atoms with Gasteiger partial charge < -0.3 is 5.32 Å². The molecule has 23 heavy (non-hydrogen) atoms. The van der Waals surface area contributed by atoms with Crippen molar-refractivity contribution in [2.75, 3.05) is 13.1 Å². The fourth-order valence-electron chi connectivity index (χ4n) is 2.90. The van der Waals surface area contributed by atoms with Gasteiger partial charge in [0.1, 0.15) is 0 Å². The summed E-state index contributed by atoms with van der Waals surface area (Å²) in [5.74, 6) is 0. The van der Waals surface area contributed by atoms with Crippen LogP contribution < -0.4 is 10.0 Å². The molecule has 2 aromatic rings. The van der Waals surface area contributed by atoms with Gasteiger partial charge in [-0.2, -0.15) is 0 Å². The fourth-order valence-corrected chi connectivity index (χ4v) is 4.19. The average Bonchev–Trinajstić information content (AvgIpc) is 2.53. The van der Waals surface area contributed by atoms with Crippen LogP contribution in [0.4, 0.5) is 0 Å². The summed E-state index contributed by atoms with van der Waals surface area (Å²) in [5, 5.41) is 3.39. The average molecular weight is 353 g/mol. The van der Waals surface area contributed by atoms with Crippen LogP contribution in [-0.4, -0.2) is 21.5 Å². The molecule has 1 unspecified atom stereocenters. The van der Waals surface area contributed by atoms with Crippen molar-refractivity contribution in [2.24, 2.45) is 0 Å². The second-order valence-electron chi connectivity index (χ2n) is 5.57. The molecule has 0 spiro atoms. The van der Waals surface area contributed by atoms with Gasteiger partial charge in [-0.15, -0.1) is 12.4 Å². The SMILES string of the molecule is Cc1ccccc1S(=O)(=O)NCC1NCCc2ccccc21.Cl. The minimum Gasteiger partial charge on any atom is -0.308 e. The molecule has 1 atom stereocenters. The summed E-state index contributed by atoms with van der Waals surface area (Å²) in [7, 11) is -3.48. The molecule has 0 bridgehead atoms. The Kier molecular flexibility index (Phi) is 5.81. The first kappa shape index (κ1) is 17.9. The number of hydrogen-bond donors (Lipinski definition) is 2. The zero-order valence-electron chi connectivity index (χ0n) is 13.0. The van der Waals surface area contributed by atoms with Crippen molar-refractivity contribution < 1.29 is 8.42 Å². The maximum absolute atomic E-state index is 12.5. The highest BCUT2D eigenvalue weighted by Gasteiger charge is 2.22. The molecular weight excluding hydrogens is 332 g/mol. The van der Waals surface area contributed by atoms with E-state index in [2.05, 4.69) is 22.2 Å². The van der Waals surface area contributed by atoms with Crippen LogP contribution in [0.2, 0.25) is 0 Å². The highest BCUT2D eigenvalue weighted by molar-refractivity contribution is 7.89. The van der Waals surface area contributed by atoms with E-state index in [0.717, 1.165) is 18.5 Å². The number of aryl methyl sites for hydroxylation is 1. The van der Waals surface area contributed by atoms with Gasteiger partial charge in [0.15, 0.2) is 0 Å². The van der Waals surface area contributed by atoms with E-state index < -0.39 is 10.0 Å². The minimum atomic E-state index is -3.48. The number of halogens is 1. The zero-order chi connectivity index (χ0) is 15.6. The van der Waals surface area contributed by atoms with Gasteiger partial charge in [-0.25, -0.2) is 13.1 Å². The smallest absolute Gasteiger partial charge is 0.240 e. The lowest BCUT2D eigenvalue weighted by Crippen LogP contribution is -2.38. The molecule has 6 heteroatoms. The summed E-state index contributed by atoms with van der Waals surface area (Å²) in [6, 6.07) is 15.2. The molecule has 0 fully saturated rings. The first-order valence-electron chi connectivity index (χ1n) is 7.44. The van der Waals surface area contributed by atoms with Gasteiger partial charge in [-0.05, 0) is 42.6 Å². The van der Waals surface area contributed by atoms with E-state index >= 15 is 0 Å². The third-order valence-electron chi connectivity index (χ3n) is 4.08. The summed E-state index contributed by atoms with van der Waals surface area (Å²) in [6.45, 7) is 3.03. The molecule has 0 saturated heterocycles. The van der Waals surface area contributed by atoms with E-state index in [1.807, 2.05) is 31.2 Å². The van der Waals surface area contributed by atoms with Gasteiger partial charge in [-0.3, -0.25) is 0 Å². The molecule has 1 heterocycles. The van der Waals surface area contributed by atoms with Crippen LogP contribution in [0.25, 0.3) is 0 Å². The van der Waals surface area contributed by atoms with E-state index in [0.29, 0.717) is 11.4 Å². The molecule has 2 aromatic carbocycles. The van der Waals surface area contributed by atoms with Crippen molar-refractivity contribution in [2.45, 2.75) is 24.3 Å². The highest BCUT2D eigenvalue weighted by atomic mass is 35.5. The van der Waals surface area contributed by atoms with Gasteiger partial charge in [0, 0.05) is 12.6 Å². The lowest BCUT2D eigenvalue weighted by atomic mass is 9.95. The van der Waals surface area contributed by atoms with Crippen molar-refractivity contribution in [3.05, 3.63) is 65.2 Å². The van der Waals surface area contributed by atoms with Crippen LogP contribution in [0.15, 0.2) is 53.4 Å². The van der Waals surface area contributed by atoms with Gasteiger partial charge in [0.25, 0.3) is 0 Å². The summed E-state index contributed by atoms with van der Waals surface area (Å²) in [5.41, 5.74) is 3.23. The topological polar surface area (TPSA) is 58.2 Å². The van der Waals surface area contributed by atoms with Crippen molar-refractivity contribution >= 4 is 22.4 Å². The number of benzene rings is 2. The molecule has 0 radical (unpaired) electrons. The summed E-state index contributed by atoms with van der Waals surface area (Å²) in [4.78, 5) is 0.346. The van der Waals surface area contributed by atoms with Crippen molar-refractivity contribution in [3.8, 4) is 0 Å². The fraction of sp³-hybridized carbons (Fsp3) is 0.294. The normalized spacial score (nSPS) is 17.2. The van der Waals surface area contributed by atoms with E-state index in [9.17, 15) is 8.42 Å². The van der Waals surface area contributed by atoms with Crippen molar-refractivity contribution in [3.63, 3.8) is 0 Å². The Morgan fingerprint density at radius 1 is 1.13 bits per heavy atom. The Labute approximate surface area is 143 Å². The maximum Gasteiger partial charge on any atom is 0.240 e. The Morgan fingerprint density at radius 2 is 1.83 bits per heavy atom. The number of sulfonamides is 1. The van der Waals surface area contributed by atoms with Crippen LogP contribution in [0.1, 0.15) is 22.7 Å². The predicted octanol–water partition coefficient (Wildman–Crippen LogP) is 2.58. The monoisotopic (exact) mass is 352 g/mol. The summed E-state index contributed by atoms with van der Waals surface area (Å²) >= 11 is 0. The Hall–Kier alpha value is -1.40. The van der Waals surface area contributed by atoms with Gasteiger partial charge >= 0.3 is 0 Å². The Morgan fingerprint density at radius 3 is 2.61 bits per heavy atom. The lowest BCUT2D eigenvalue weighted by Gasteiger charge is -2.27. The highest BCUT2D eigenvalue weighted by Crippen LogP contribution is 2.22. The largest absolute Gasteiger partial charge is 0.308 e. The van der Waals surface area contributed by atoms with Gasteiger partial charge in [0.05, 0.1) is 4.90 Å². The van der Waals surface area contributed by atoms with E-state index in [-0.39, 0.29) is 18.4 Å². The molecule has 2 N–H and O–H groups in total. The molecule has 124 valence electrons. The van der Waals surface area contributed by atoms with E-state index in [1.165, 1.54) is 11.1 Å². The number of hydrogen-bond acceptors (Lipinski definition) is 3. The summed E-state index contributed by atoms with van der Waals surface area (Å²) < 4.78 is 27.7. The first-order chi connectivity index (χ1) is 10.6. The van der Waals surface area contributed by atoms with Crippen LogP contribution in [0.3, 0.4) is 0 Å². The van der Waals surface area contributed by atoms with Crippen LogP contribution in [0, 0.1) is 6.92 Å². The maximum atomic E-state index is 12.5. The van der Waals surface area contributed by atoms with Crippen LogP contribution in [-0.2, 0) is 16.4 Å². The molecule has 0 aromatic heterocycles. The van der Waals surface area contributed by atoms with Gasteiger partial charge in [0.2, 0.25) is 10.0 Å². The quantitative estimate of drug-likeness (QED) is 0.889. The lowest BCUT2D eigenvalue weighted by molar-refractivity contribution is 0.491. The van der Waals surface area contributed by atoms with Crippen LogP contribution in [0.5, 0.6) is 0 Å². The Bertz CT molecular complexity index is 778. The Balaban J connectivity index is 0.00000192. The number of rotatable bonds is 4. The van der Waals surface area contributed by atoms with Crippen LogP contribution >= 0.6 is 12.4 Å².